The molecule has 2 aliphatic heterocycles. The van der Waals surface area contributed by atoms with Gasteiger partial charge in [0.25, 0.3) is 0 Å². The van der Waals surface area contributed by atoms with Gasteiger partial charge in [-0.25, -0.2) is 9.78 Å². The Morgan fingerprint density at radius 1 is 1.12 bits per heavy atom. The van der Waals surface area contributed by atoms with Crippen molar-refractivity contribution < 1.29 is 22.7 Å². The number of anilines is 2. The Labute approximate surface area is 197 Å². The molecule has 0 aliphatic carbocycles. The number of rotatable bonds is 5. The molecule has 2 N–H and O–H groups in total. The van der Waals surface area contributed by atoms with Crippen LogP contribution in [0.25, 0.3) is 0 Å². The summed E-state index contributed by atoms with van der Waals surface area (Å²) in [6, 6.07) is 5.61. The lowest BCUT2D eigenvalue weighted by atomic mass is 9.96. The summed E-state index contributed by atoms with van der Waals surface area (Å²) in [6.07, 6.45) is 0.735. The average molecular weight is 478 g/mol. The standard InChI is InChI=1S/C24H30F3N5O2/c1-16-6-10-32(11-7-16)22-18(2-5-21(31-22)24(25,26)27)14-29-23(33)30-19-3-4-20(28-15-19)17-8-12-34-13-9-17/h2-5,15-17H,6-14H2,1H3,(H2,29,30,33). The number of halogens is 3. The summed E-state index contributed by atoms with van der Waals surface area (Å²) in [7, 11) is 0. The van der Waals surface area contributed by atoms with Gasteiger partial charge < -0.3 is 20.3 Å². The molecule has 2 amide bonds. The first kappa shape index (κ1) is 24.3. The Morgan fingerprint density at radius 3 is 2.50 bits per heavy atom. The van der Waals surface area contributed by atoms with E-state index in [-0.39, 0.29) is 12.4 Å². The third-order valence-corrected chi connectivity index (χ3v) is 6.45. The highest BCUT2D eigenvalue weighted by Gasteiger charge is 2.34. The summed E-state index contributed by atoms with van der Waals surface area (Å²) in [6.45, 7) is 4.93. The Kier molecular flexibility index (Phi) is 7.55. The van der Waals surface area contributed by atoms with Crippen molar-refractivity contribution in [2.75, 3.05) is 36.5 Å². The van der Waals surface area contributed by atoms with Gasteiger partial charge in [0.05, 0.1) is 11.9 Å². The lowest BCUT2D eigenvalue weighted by Crippen LogP contribution is -2.35. The molecule has 4 heterocycles. The molecule has 2 aromatic heterocycles. The van der Waals surface area contributed by atoms with Crippen LogP contribution in [-0.2, 0) is 17.5 Å². The molecule has 0 saturated carbocycles. The van der Waals surface area contributed by atoms with E-state index < -0.39 is 17.9 Å². The van der Waals surface area contributed by atoms with E-state index in [0.29, 0.717) is 36.2 Å². The topological polar surface area (TPSA) is 79.4 Å². The van der Waals surface area contributed by atoms with E-state index >= 15 is 0 Å². The van der Waals surface area contributed by atoms with Gasteiger partial charge in [0.1, 0.15) is 11.5 Å². The van der Waals surface area contributed by atoms with Crippen LogP contribution in [0.2, 0.25) is 0 Å². The quantitative estimate of drug-likeness (QED) is 0.637. The first-order valence-electron chi connectivity index (χ1n) is 11.7. The Hall–Kier alpha value is -2.88. The van der Waals surface area contributed by atoms with Crippen LogP contribution < -0.4 is 15.5 Å². The molecule has 34 heavy (non-hydrogen) atoms. The highest BCUT2D eigenvalue weighted by molar-refractivity contribution is 5.89. The summed E-state index contributed by atoms with van der Waals surface area (Å²) in [5, 5.41) is 5.46. The van der Waals surface area contributed by atoms with Gasteiger partial charge in [0, 0.05) is 50.0 Å². The van der Waals surface area contributed by atoms with Crippen molar-refractivity contribution in [3.8, 4) is 0 Å². The second-order valence-corrected chi connectivity index (χ2v) is 9.01. The number of nitrogens with one attached hydrogen (secondary N) is 2. The number of nitrogens with zero attached hydrogens (tertiary/aromatic N) is 3. The minimum atomic E-state index is -4.52. The number of hydrogen-bond acceptors (Lipinski definition) is 5. The zero-order chi connectivity index (χ0) is 24.1. The normalized spacial score (nSPS) is 18.1. The van der Waals surface area contributed by atoms with E-state index in [2.05, 4.69) is 27.5 Å². The van der Waals surface area contributed by atoms with Crippen molar-refractivity contribution in [3.63, 3.8) is 0 Å². The predicted molar refractivity (Wildman–Crippen MR) is 123 cm³/mol. The smallest absolute Gasteiger partial charge is 0.381 e. The van der Waals surface area contributed by atoms with Crippen LogP contribution in [-0.4, -0.2) is 42.3 Å². The van der Waals surface area contributed by atoms with Gasteiger partial charge in [-0.1, -0.05) is 13.0 Å². The van der Waals surface area contributed by atoms with E-state index in [9.17, 15) is 18.0 Å². The molecule has 2 aliphatic rings. The van der Waals surface area contributed by atoms with Gasteiger partial charge in [-0.3, -0.25) is 4.98 Å². The van der Waals surface area contributed by atoms with Crippen molar-refractivity contribution in [2.45, 2.75) is 51.2 Å². The number of aromatic nitrogens is 2. The minimum absolute atomic E-state index is 0.0615. The van der Waals surface area contributed by atoms with Gasteiger partial charge in [0.15, 0.2) is 0 Å². The SMILES string of the molecule is CC1CCN(c2nc(C(F)(F)F)ccc2CNC(=O)Nc2ccc(C3CCOCC3)nc2)CC1. The van der Waals surface area contributed by atoms with Gasteiger partial charge in [-0.2, -0.15) is 13.2 Å². The van der Waals surface area contributed by atoms with Crippen LogP contribution in [0, 0.1) is 5.92 Å². The molecule has 0 aromatic carbocycles. The third-order valence-electron chi connectivity index (χ3n) is 6.45. The molecule has 0 unspecified atom stereocenters. The summed E-state index contributed by atoms with van der Waals surface area (Å²) in [5.74, 6) is 1.17. The van der Waals surface area contributed by atoms with Gasteiger partial charge >= 0.3 is 12.2 Å². The molecule has 0 spiro atoms. The largest absolute Gasteiger partial charge is 0.433 e. The van der Waals surface area contributed by atoms with Crippen LogP contribution in [0.4, 0.5) is 29.5 Å². The Balaban J connectivity index is 1.39. The summed E-state index contributed by atoms with van der Waals surface area (Å²) < 4.78 is 45.2. The van der Waals surface area contributed by atoms with Crippen LogP contribution >= 0.6 is 0 Å². The minimum Gasteiger partial charge on any atom is -0.381 e. The molecular weight excluding hydrogens is 447 g/mol. The zero-order valence-electron chi connectivity index (χ0n) is 19.2. The highest BCUT2D eigenvalue weighted by atomic mass is 19.4. The Bertz CT molecular complexity index is 970. The maximum absolute atomic E-state index is 13.3. The summed E-state index contributed by atoms with van der Waals surface area (Å²) in [4.78, 5) is 22.7. The van der Waals surface area contributed by atoms with Crippen molar-refractivity contribution in [1.82, 2.24) is 15.3 Å². The van der Waals surface area contributed by atoms with Crippen LogP contribution in [0.15, 0.2) is 30.5 Å². The maximum atomic E-state index is 13.3. The van der Waals surface area contributed by atoms with E-state index in [1.807, 2.05) is 11.0 Å². The second kappa shape index (κ2) is 10.6. The summed E-state index contributed by atoms with van der Waals surface area (Å²) >= 11 is 0. The summed E-state index contributed by atoms with van der Waals surface area (Å²) in [5.41, 5.74) is 1.14. The molecule has 0 bridgehead atoms. The number of urea groups is 1. The van der Waals surface area contributed by atoms with E-state index in [0.717, 1.165) is 50.7 Å². The number of pyridine rings is 2. The predicted octanol–water partition coefficient (Wildman–Crippen LogP) is 4.95. The molecule has 0 radical (unpaired) electrons. The van der Waals surface area contributed by atoms with Gasteiger partial charge in [-0.15, -0.1) is 0 Å². The molecule has 10 heteroatoms. The van der Waals surface area contributed by atoms with Crippen molar-refractivity contribution in [1.29, 1.82) is 0 Å². The van der Waals surface area contributed by atoms with Crippen molar-refractivity contribution >= 4 is 17.5 Å². The molecule has 7 nitrogen and oxygen atoms in total. The van der Waals surface area contributed by atoms with Gasteiger partial charge in [-0.05, 0) is 49.8 Å². The first-order chi connectivity index (χ1) is 16.3. The molecule has 2 fully saturated rings. The van der Waals surface area contributed by atoms with Crippen LogP contribution in [0.5, 0.6) is 0 Å². The van der Waals surface area contributed by atoms with Gasteiger partial charge in [0.2, 0.25) is 0 Å². The zero-order valence-corrected chi connectivity index (χ0v) is 19.2. The third kappa shape index (κ3) is 6.16. The number of piperidine rings is 1. The monoisotopic (exact) mass is 477 g/mol. The second-order valence-electron chi connectivity index (χ2n) is 9.01. The molecular formula is C24H30F3N5O2. The van der Waals surface area contributed by atoms with Crippen LogP contribution in [0.3, 0.4) is 0 Å². The number of alkyl halides is 3. The highest BCUT2D eigenvalue weighted by Crippen LogP contribution is 2.32. The average Bonchev–Trinajstić information content (AvgIpc) is 2.84. The fraction of sp³-hybridized carbons (Fsp3) is 0.542. The molecule has 0 atom stereocenters. The Morgan fingerprint density at radius 2 is 1.85 bits per heavy atom. The number of hydrogen-bond donors (Lipinski definition) is 2. The lowest BCUT2D eigenvalue weighted by Gasteiger charge is -2.33. The van der Waals surface area contributed by atoms with Crippen molar-refractivity contribution in [2.24, 2.45) is 5.92 Å². The number of carbonyl (C=O) groups is 1. The molecule has 2 aromatic rings. The first-order valence-corrected chi connectivity index (χ1v) is 11.7. The van der Waals surface area contributed by atoms with Crippen molar-refractivity contribution in [3.05, 3.63) is 47.4 Å². The molecule has 184 valence electrons. The number of ether oxygens (including phenoxy) is 1. The molecule has 2 saturated heterocycles. The lowest BCUT2D eigenvalue weighted by molar-refractivity contribution is -0.141. The maximum Gasteiger partial charge on any atom is 0.433 e. The fourth-order valence-corrected chi connectivity index (χ4v) is 4.33. The number of carbonyl (C=O) groups excluding carboxylic acids is 1. The van der Waals surface area contributed by atoms with Crippen LogP contribution in [0.1, 0.15) is 55.5 Å². The van der Waals surface area contributed by atoms with E-state index in [4.69, 9.17) is 4.74 Å². The number of amides is 2. The van der Waals surface area contributed by atoms with E-state index in [1.54, 1.807) is 12.3 Å². The fourth-order valence-electron chi connectivity index (χ4n) is 4.33. The van der Waals surface area contributed by atoms with E-state index in [1.165, 1.54) is 6.07 Å². The molecule has 4 rings (SSSR count).